The predicted molar refractivity (Wildman–Crippen MR) is 77.3 cm³/mol. The first kappa shape index (κ1) is 14.2. The fraction of sp³-hybridized carbons (Fsp3) is 0.583. The number of hydrogen-bond acceptors (Lipinski definition) is 5. The van der Waals surface area contributed by atoms with Crippen LogP contribution in [0.4, 0.5) is 11.5 Å². The van der Waals surface area contributed by atoms with Crippen molar-refractivity contribution in [3.05, 3.63) is 26.9 Å². The molecule has 2 heterocycles. The molecule has 6 nitrogen and oxygen atoms in total. The highest BCUT2D eigenvalue weighted by Gasteiger charge is 2.17. The normalized spacial score (nSPS) is 16.3. The molecule has 0 radical (unpaired) electrons. The largest absolute Gasteiger partial charge is 0.364 e. The number of rotatable bonds is 5. The monoisotopic (exact) mass is 328 g/mol. The Hall–Kier alpha value is -1.21. The Bertz CT molecular complexity index is 449. The molecule has 1 saturated heterocycles. The number of nitro groups is 1. The molecule has 7 heteroatoms. The lowest BCUT2D eigenvalue weighted by molar-refractivity contribution is -0.384. The fourth-order valence-corrected chi connectivity index (χ4v) is 2.59. The number of piperidine rings is 1. The van der Waals surface area contributed by atoms with Crippen molar-refractivity contribution >= 4 is 27.4 Å². The van der Waals surface area contributed by atoms with E-state index in [1.807, 2.05) is 0 Å². The molecule has 1 aliphatic rings. The van der Waals surface area contributed by atoms with E-state index in [4.69, 9.17) is 0 Å². The van der Waals surface area contributed by atoms with Gasteiger partial charge in [0.15, 0.2) is 0 Å². The van der Waals surface area contributed by atoms with Gasteiger partial charge in [-0.25, -0.2) is 4.98 Å². The SMILES string of the molecule is O=[N+]([O-])c1cc(Br)cnc1NCCC1CCNCC1. The highest BCUT2D eigenvalue weighted by atomic mass is 79.9. The summed E-state index contributed by atoms with van der Waals surface area (Å²) in [6.07, 6.45) is 4.95. The average molecular weight is 329 g/mol. The first-order chi connectivity index (χ1) is 9.16. The number of aromatic nitrogens is 1. The number of halogens is 1. The van der Waals surface area contributed by atoms with Crippen LogP contribution in [0.25, 0.3) is 0 Å². The minimum absolute atomic E-state index is 0.0136. The minimum atomic E-state index is -0.412. The molecule has 0 aliphatic carbocycles. The third-order valence-electron chi connectivity index (χ3n) is 3.33. The number of pyridine rings is 1. The first-order valence-corrected chi connectivity index (χ1v) is 7.20. The van der Waals surface area contributed by atoms with E-state index >= 15 is 0 Å². The van der Waals surface area contributed by atoms with E-state index in [1.54, 1.807) is 6.20 Å². The second kappa shape index (κ2) is 6.81. The number of anilines is 1. The third-order valence-corrected chi connectivity index (χ3v) is 3.77. The van der Waals surface area contributed by atoms with Crippen LogP contribution in [0.15, 0.2) is 16.7 Å². The van der Waals surface area contributed by atoms with Gasteiger partial charge >= 0.3 is 5.69 Å². The van der Waals surface area contributed by atoms with Crippen molar-refractivity contribution in [2.24, 2.45) is 5.92 Å². The van der Waals surface area contributed by atoms with Crippen LogP contribution in [-0.2, 0) is 0 Å². The van der Waals surface area contributed by atoms with E-state index in [-0.39, 0.29) is 5.69 Å². The molecular weight excluding hydrogens is 312 g/mol. The lowest BCUT2D eigenvalue weighted by atomic mass is 9.95. The molecule has 0 aromatic carbocycles. The number of hydrogen-bond donors (Lipinski definition) is 2. The van der Waals surface area contributed by atoms with Gasteiger partial charge in [0.05, 0.1) is 4.92 Å². The summed E-state index contributed by atoms with van der Waals surface area (Å²) >= 11 is 3.19. The number of nitrogens with one attached hydrogen (secondary N) is 2. The van der Waals surface area contributed by atoms with Crippen molar-refractivity contribution in [1.29, 1.82) is 0 Å². The maximum atomic E-state index is 10.9. The molecule has 19 heavy (non-hydrogen) atoms. The Morgan fingerprint density at radius 1 is 1.53 bits per heavy atom. The summed E-state index contributed by atoms with van der Waals surface area (Å²) in [5.41, 5.74) is 0.0136. The molecule has 2 N–H and O–H groups in total. The van der Waals surface area contributed by atoms with Crippen LogP contribution in [0.3, 0.4) is 0 Å². The van der Waals surface area contributed by atoms with Crippen molar-refractivity contribution in [2.45, 2.75) is 19.3 Å². The maximum absolute atomic E-state index is 10.9. The van der Waals surface area contributed by atoms with Crippen molar-refractivity contribution in [3.8, 4) is 0 Å². The Labute approximate surface area is 120 Å². The molecule has 104 valence electrons. The summed E-state index contributed by atoms with van der Waals surface area (Å²) in [4.78, 5) is 14.6. The summed E-state index contributed by atoms with van der Waals surface area (Å²) in [5, 5.41) is 17.3. The van der Waals surface area contributed by atoms with Crippen molar-refractivity contribution < 1.29 is 4.92 Å². The molecule has 0 saturated carbocycles. The van der Waals surface area contributed by atoms with Crippen molar-refractivity contribution in [2.75, 3.05) is 25.0 Å². The second-order valence-corrected chi connectivity index (χ2v) is 5.60. The zero-order valence-electron chi connectivity index (χ0n) is 10.6. The first-order valence-electron chi connectivity index (χ1n) is 6.41. The Morgan fingerprint density at radius 2 is 2.26 bits per heavy atom. The lowest BCUT2D eigenvalue weighted by Gasteiger charge is -2.22. The average Bonchev–Trinajstić information content (AvgIpc) is 2.41. The molecule has 1 aromatic heterocycles. The van der Waals surface area contributed by atoms with Gasteiger partial charge < -0.3 is 10.6 Å². The van der Waals surface area contributed by atoms with E-state index in [0.717, 1.165) is 26.1 Å². The van der Waals surface area contributed by atoms with Gasteiger partial charge in [-0.15, -0.1) is 0 Å². The van der Waals surface area contributed by atoms with Gasteiger partial charge in [-0.2, -0.15) is 0 Å². The van der Waals surface area contributed by atoms with Crippen LogP contribution in [0.1, 0.15) is 19.3 Å². The molecule has 0 bridgehead atoms. The molecule has 1 fully saturated rings. The van der Waals surface area contributed by atoms with Crippen LogP contribution in [0.5, 0.6) is 0 Å². The molecule has 0 atom stereocenters. The molecule has 0 amide bonds. The molecule has 0 spiro atoms. The molecule has 0 unspecified atom stereocenters. The summed E-state index contributed by atoms with van der Waals surface area (Å²) in [7, 11) is 0. The minimum Gasteiger partial charge on any atom is -0.364 e. The van der Waals surface area contributed by atoms with E-state index in [1.165, 1.54) is 18.9 Å². The summed E-state index contributed by atoms with van der Waals surface area (Å²) in [5.74, 6) is 1.05. The van der Waals surface area contributed by atoms with E-state index < -0.39 is 4.92 Å². The second-order valence-electron chi connectivity index (χ2n) is 4.69. The number of nitrogens with zero attached hydrogens (tertiary/aromatic N) is 2. The van der Waals surface area contributed by atoms with Crippen molar-refractivity contribution in [3.63, 3.8) is 0 Å². The molecule has 1 aliphatic heterocycles. The third kappa shape index (κ3) is 4.14. The standard InChI is InChI=1S/C12H17BrN4O2/c13-10-7-11(17(18)19)12(16-8-10)15-6-3-9-1-4-14-5-2-9/h7-9,14H,1-6H2,(H,15,16). The van der Waals surface area contributed by atoms with Crippen molar-refractivity contribution in [1.82, 2.24) is 10.3 Å². The van der Waals surface area contributed by atoms with Gasteiger partial charge in [0.2, 0.25) is 5.82 Å². The van der Waals surface area contributed by atoms with Crippen LogP contribution in [0.2, 0.25) is 0 Å². The quantitative estimate of drug-likeness (QED) is 0.641. The van der Waals surface area contributed by atoms with Gasteiger partial charge in [-0.05, 0) is 54.2 Å². The van der Waals surface area contributed by atoms with E-state index in [2.05, 4.69) is 31.5 Å². The van der Waals surface area contributed by atoms with Gasteiger partial charge in [-0.3, -0.25) is 10.1 Å². The summed E-state index contributed by atoms with van der Waals surface area (Å²) in [6.45, 7) is 2.86. The summed E-state index contributed by atoms with van der Waals surface area (Å²) < 4.78 is 0.614. The lowest BCUT2D eigenvalue weighted by Crippen LogP contribution is -2.28. The Balaban J connectivity index is 1.89. The maximum Gasteiger partial charge on any atom is 0.312 e. The molecule has 1 aromatic rings. The van der Waals surface area contributed by atoms with Crippen LogP contribution in [0, 0.1) is 16.0 Å². The van der Waals surface area contributed by atoms with Gasteiger partial charge in [0, 0.05) is 23.3 Å². The van der Waals surface area contributed by atoms with Crippen LogP contribution >= 0.6 is 15.9 Å². The Kier molecular flexibility index (Phi) is 5.09. The van der Waals surface area contributed by atoms with Crippen LogP contribution < -0.4 is 10.6 Å². The molecule has 2 rings (SSSR count). The zero-order valence-corrected chi connectivity index (χ0v) is 12.1. The van der Waals surface area contributed by atoms with Gasteiger partial charge in [0.25, 0.3) is 0 Å². The van der Waals surface area contributed by atoms with E-state index in [9.17, 15) is 10.1 Å². The Morgan fingerprint density at radius 3 is 2.95 bits per heavy atom. The summed E-state index contributed by atoms with van der Waals surface area (Å²) in [6, 6.07) is 1.47. The highest BCUT2D eigenvalue weighted by Crippen LogP contribution is 2.25. The smallest absolute Gasteiger partial charge is 0.312 e. The van der Waals surface area contributed by atoms with E-state index in [0.29, 0.717) is 16.2 Å². The topological polar surface area (TPSA) is 80.1 Å². The zero-order chi connectivity index (χ0) is 13.7. The van der Waals surface area contributed by atoms with Crippen LogP contribution in [-0.4, -0.2) is 29.5 Å². The fourth-order valence-electron chi connectivity index (χ4n) is 2.27. The van der Waals surface area contributed by atoms with Gasteiger partial charge in [-0.1, -0.05) is 0 Å². The van der Waals surface area contributed by atoms with Gasteiger partial charge in [0.1, 0.15) is 0 Å². The molecular formula is C12H17BrN4O2. The predicted octanol–water partition coefficient (Wildman–Crippen LogP) is 2.55. The highest BCUT2D eigenvalue weighted by molar-refractivity contribution is 9.10.